The van der Waals surface area contributed by atoms with E-state index in [1.54, 1.807) is 0 Å². The molecular weight excluding hydrogens is 224 g/mol. The predicted octanol–water partition coefficient (Wildman–Crippen LogP) is 2.55. The summed E-state index contributed by atoms with van der Waals surface area (Å²) in [5.41, 5.74) is 3.73. The average Bonchev–Trinajstić information content (AvgIpc) is 2.71. The molecule has 2 aliphatic carbocycles. The van der Waals surface area contributed by atoms with Crippen LogP contribution >= 0.6 is 0 Å². The van der Waals surface area contributed by atoms with Gasteiger partial charge in [-0.05, 0) is 43.4 Å². The molecule has 5 atom stereocenters. The van der Waals surface area contributed by atoms with Gasteiger partial charge in [-0.2, -0.15) is 5.10 Å². The zero-order valence-corrected chi connectivity index (χ0v) is 12.2. The highest BCUT2D eigenvalue weighted by Gasteiger charge is 2.68. The van der Waals surface area contributed by atoms with E-state index in [1.807, 2.05) is 6.92 Å². The van der Waals surface area contributed by atoms with E-state index in [4.69, 9.17) is 0 Å². The smallest absolute Gasteiger partial charge is 0.131 e. The largest absolute Gasteiger partial charge is 0.381 e. The number of aliphatic hydroxyl groups is 1. The number of rotatable bonds is 0. The fourth-order valence-corrected chi connectivity index (χ4v) is 4.92. The first-order valence-corrected chi connectivity index (χ1v) is 7.26. The van der Waals surface area contributed by atoms with Crippen LogP contribution in [0.3, 0.4) is 0 Å². The van der Waals surface area contributed by atoms with Crippen molar-refractivity contribution in [2.75, 3.05) is 0 Å². The highest BCUT2D eigenvalue weighted by atomic mass is 16.3. The van der Waals surface area contributed by atoms with Crippen molar-refractivity contribution in [2.24, 2.45) is 27.8 Å². The molecule has 2 saturated carbocycles. The van der Waals surface area contributed by atoms with Gasteiger partial charge in [-0.3, -0.25) is 0 Å². The molecule has 1 heterocycles. The third-order valence-electron chi connectivity index (χ3n) is 6.75. The molecule has 0 saturated heterocycles. The van der Waals surface area contributed by atoms with Crippen molar-refractivity contribution in [1.82, 2.24) is 5.43 Å². The molecular formula is C15H26N2O. The number of hydrogen-bond donors (Lipinski definition) is 2. The Kier molecular flexibility index (Phi) is 2.28. The van der Waals surface area contributed by atoms with Gasteiger partial charge in [0.05, 0.1) is 11.8 Å². The Bertz CT molecular complexity index is 417. The number of hydrazone groups is 1. The van der Waals surface area contributed by atoms with Gasteiger partial charge in [0.2, 0.25) is 0 Å². The van der Waals surface area contributed by atoms with Crippen LogP contribution in [-0.4, -0.2) is 22.5 Å². The lowest BCUT2D eigenvalue weighted by molar-refractivity contribution is -0.0837. The van der Waals surface area contributed by atoms with Crippen LogP contribution in [0.1, 0.15) is 53.9 Å². The Balaban J connectivity index is 2.04. The Hall–Kier alpha value is -0.570. The Morgan fingerprint density at radius 2 is 1.94 bits per heavy atom. The van der Waals surface area contributed by atoms with Crippen LogP contribution in [0.5, 0.6) is 0 Å². The van der Waals surface area contributed by atoms with Crippen LogP contribution in [0.2, 0.25) is 0 Å². The second kappa shape index (κ2) is 3.30. The molecule has 3 heteroatoms. The second-order valence-corrected chi connectivity index (χ2v) is 7.68. The lowest BCUT2D eigenvalue weighted by atomic mass is 9.52. The van der Waals surface area contributed by atoms with Crippen molar-refractivity contribution < 1.29 is 5.11 Å². The molecule has 3 rings (SSSR count). The molecule has 0 bridgehead atoms. The van der Waals surface area contributed by atoms with Gasteiger partial charge in [0, 0.05) is 5.41 Å². The zero-order valence-electron chi connectivity index (χ0n) is 12.2. The highest BCUT2D eigenvalue weighted by molar-refractivity contribution is 5.94. The quantitative estimate of drug-likeness (QED) is 0.694. The van der Waals surface area contributed by atoms with Crippen LogP contribution < -0.4 is 5.43 Å². The monoisotopic (exact) mass is 250 g/mol. The van der Waals surface area contributed by atoms with Gasteiger partial charge < -0.3 is 10.5 Å². The van der Waals surface area contributed by atoms with E-state index in [0.29, 0.717) is 17.3 Å². The molecule has 0 spiro atoms. The van der Waals surface area contributed by atoms with Crippen molar-refractivity contribution in [1.29, 1.82) is 0 Å². The van der Waals surface area contributed by atoms with Crippen molar-refractivity contribution in [3.8, 4) is 0 Å². The average molecular weight is 250 g/mol. The van der Waals surface area contributed by atoms with Gasteiger partial charge in [-0.1, -0.05) is 27.7 Å². The van der Waals surface area contributed by atoms with Gasteiger partial charge >= 0.3 is 0 Å². The van der Waals surface area contributed by atoms with E-state index in [9.17, 15) is 5.11 Å². The molecule has 18 heavy (non-hydrogen) atoms. The molecule has 2 fully saturated rings. The van der Waals surface area contributed by atoms with E-state index < -0.39 is 5.60 Å². The number of hydrogen-bond acceptors (Lipinski definition) is 3. The SMILES string of the molecule is CC1=NNC2CC3C(C)C(C)(C)CCC3(C)[C@@]12O. The lowest BCUT2D eigenvalue weighted by Crippen LogP contribution is -2.57. The zero-order chi connectivity index (χ0) is 13.3. The summed E-state index contributed by atoms with van der Waals surface area (Å²) in [6.07, 6.45) is 3.36. The van der Waals surface area contributed by atoms with E-state index >= 15 is 0 Å². The van der Waals surface area contributed by atoms with Crippen molar-refractivity contribution >= 4 is 5.71 Å². The standard InChI is InChI=1S/C15H26N2O/c1-9-11-8-12-15(18,10(2)16-17-12)14(11,5)7-6-13(9,3)4/h9,11-12,17-18H,6-8H2,1-5H3/t9?,11?,12?,14?,15-/m1/s1. The van der Waals surface area contributed by atoms with Crippen molar-refractivity contribution in [2.45, 2.75) is 65.5 Å². The molecule has 0 aromatic rings. The molecule has 0 radical (unpaired) electrons. The molecule has 4 unspecified atom stereocenters. The van der Waals surface area contributed by atoms with Crippen LogP contribution in [0.15, 0.2) is 5.10 Å². The Labute approximate surface area is 110 Å². The first kappa shape index (κ1) is 12.5. The summed E-state index contributed by atoms with van der Waals surface area (Å²) >= 11 is 0. The maximum Gasteiger partial charge on any atom is 0.131 e. The van der Waals surface area contributed by atoms with Gasteiger partial charge in [-0.25, -0.2) is 0 Å². The van der Waals surface area contributed by atoms with E-state index in [-0.39, 0.29) is 11.5 Å². The Morgan fingerprint density at radius 1 is 1.28 bits per heavy atom. The van der Waals surface area contributed by atoms with Gasteiger partial charge in [-0.15, -0.1) is 0 Å². The summed E-state index contributed by atoms with van der Waals surface area (Å²) in [5, 5.41) is 15.6. The van der Waals surface area contributed by atoms with Gasteiger partial charge in [0.25, 0.3) is 0 Å². The molecule has 0 aromatic heterocycles. The summed E-state index contributed by atoms with van der Waals surface area (Å²) in [6.45, 7) is 11.4. The minimum absolute atomic E-state index is 0.0102. The normalized spacial score (nSPS) is 53.4. The maximum absolute atomic E-state index is 11.2. The van der Waals surface area contributed by atoms with E-state index in [0.717, 1.165) is 18.6 Å². The third kappa shape index (κ3) is 1.17. The van der Waals surface area contributed by atoms with Crippen LogP contribution in [0, 0.1) is 22.7 Å². The van der Waals surface area contributed by atoms with Gasteiger partial charge in [0.1, 0.15) is 5.60 Å². The Morgan fingerprint density at radius 3 is 2.61 bits per heavy atom. The van der Waals surface area contributed by atoms with Gasteiger partial charge in [0.15, 0.2) is 0 Å². The van der Waals surface area contributed by atoms with Crippen LogP contribution in [-0.2, 0) is 0 Å². The summed E-state index contributed by atoms with van der Waals surface area (Å²) in [7, 11) is 0. The fourth-order valence-electron chi connectivity index (χ4n) is 4.92. The molecule has 2 N–H and O–H groups in total. The van der Waals surface area contributed by atoms with E-state index in [2.05, 4.69) is 38.2 Å². The molecule has 1 aliphatic heterocycles. The number of nitrogens with one attached hydrogen (secondary N) is 1. The first-order chi connectivity index (χ1) is 8.23. The fraction of sp³-hybridized carbons (Fsp3) is 0.933. The van der Waals surface area contributed by atoms with E-state index in [1.165, 1.54) is 6.42 Å². The summed E-state index contributed by atoms with van der Waals surface area (Å²) in [5.74, 6) is 1.25. The molecule has 102 valence electrons. The predicted molar refractivity (Wildman–Crippen MR) is 73.4 cm³/mol. The molecule has 0 aromatic carbocycles. The summed E-state index contributed by atoms with van der Waals surface area (Å²) in [4.78, 5) is 0. The van der Waals surface area contributed by atoms with Crippen molar-refractivity contribution in [3.05, 3.63) is 0 Å². The third-order valence-corrected chi connectivity index (χ3v) is 6.75. The van der Waals surface area contributed by atoms with Crippen LogP contribution in [0.25, 0.3) is 0 Å². The van der Waals surface area contributed by atoms with Crippen molar-refractivity contribution in [3.63, 3.8) is 0 Å². The minimum Gasteiger partial charge on any atom is -0.381 e. The first-order valence-electron chi connectivity index (χ1n) is 7.26. The topological polar surface area (TPSA) is 44.6 Å². The minimum atomic E-state index is -0.720. The molecule has 0 amide bonds. The highest BCUT2D eigenvalue weighted by Crippen LogP contribution is 2.64. The lowest BCUT2D eigenvalue weighted by Gasteiger charge is -2.53. The second-order valence-electron chi connectivity index (χ2n) is 7.68. The number of fused-ring (bicyclic) bond motifs is 3. The number of nitrogens with zero attached hydrogens (tertiary/aromatic N) is 1. The summed E-state index contributed by atoms with van der Waals surface area (Å²) < 4.78 is 0. The van der Waals surface area contributed by atoms with Crippen LogP contribution in [0.4, 0.5) is 0 Å². The molecule has 3 aliphatic rings. The maximum atomic E-state index is 11.2. The summed E-state index contributed by atoms with van der Waals surface area (Å²) in [6, 6.07) is 0.129. The molecule has 3 nitrogen and oxygen atoms in total.